The molecule has 6 nitrogen and oxygen atoms in total. The minimum atomic E-state index is 0.236. The number of aromatic amines is 1. The van der Waals surface area contributed by atoms with E-state index in [-0.39, 0.29) is 6.10 Å². The summed E-state index contributed by atoms with van der Waals surface area (Å²) in [6.45, 7) is 1.18. The smallest absolute Gasteiger partial charge is 0.191 e. The monoisotopic (exact) mass is 356 g/mol. The molecule has 1 aliphatic heterocycles. The molecule has 1 aromatic carbocycles. The van der Waals surface area contributed by atoms with Gasteiger partial charge >= 0.3 is 0 Å². The highest BCUT2D eigenvalue weighted by atomic mass is 32.2. The van der Waals surface area contributed by atoms with Crippen molar-refractivity contribution in [1.82, 2.24) is 19.7 Å². The van der Waals surface area contributed by atoms with Gasteiger partial charge in [-0.25, -0.2) is 0 Å². The second-order valence-electron chi connectivity index (χ2n) is 6.57. The van der Waals surface area contributed by atoms with Crippen LogP contribution in [0.2, 0.25) is 0 Å². The highest BCUT2D eigenvalue weighted by Crippen LogP contribution is 2.42. The van der Waals surface area contributed by atoms with Crippen LogP contribution < -0.4 is 0 Å². The number of fused-ring (bicyclic) bond motifs is 1. The Bertz CT molecular complexity index is 880. The molecule has 5 rings (SSSR count). The molecule has 130 valence electrons. The fraction of sp³-hybridized carbons (Fsp3) is 0.444. The van der Waals surface area contributed by atoms with Crippen LogP contribution in [0.15, 0.2) is 35.6 Å². The maximum Gasteiger partial charge on any atom is 0.191 e. The quantitative estimate of drug-likeness (QED) is 0.708. The Kier molecular flexibility index (Phi) is 4.00. The Morgan fingerprint density at radius 3 is 2.96 bits per heavy atom. The largest absolute Gasteiger partial charge is 0.360 e. The van der Waals surface area contributed by atoms with E-state index in [2.05, 4.69) is 37.9 Å². The summed E-state index contributed by atoms with van der Waals surface area (Å²) >= 11 is 1.74. The number of H-pyrrole nitrogens is 1. The SMILES string of the molecule is c1ccc2c(-c3nnc(SC[C@@H]4CCOCO4)n3C3CC3)c[nH]c2c1. The van der Waals surface area contributed by atoms with Gasteiger partial charge in [-0.15, -0.1) is 10.2 Å². The number of para-hydroxylation sites is 1. The number of rotatable bonds is 5. The molecule has 7 heteroatoms. The molecule has 1 atom stereocenters. The van der Waals surface area contributed by atoms with Crippen LogP contribution in [-0.2, 0) is 9.47 Å². The third kappa shape index (κ3) is 2.96. The first kappa shape index (κ1) is 15.4. The fourth-order valence-corrected chi connectivity index (χ4v) is 4.35. The Morgan fingerprint density at radius 1 is 1.20 bits per heavy atom. The van der Waals surface area contributed by atoms with Gasteiger partial charge in [-0.3, -0.25) is 4.57 Å². The van der Waals surface area contributed by atoms with Gasteiger partial charge in [-0.05, 0) is 25.3 Å². The molecule has 1 N–H and O–H groups in total. The minimum absolute atomic E-state index is 0.236. The average Bonchev–Trinajstić information content (AvgIpc) is 3.27. The van der Waals surface area contributed by atoms with Crippen molar-refractivity contribution in [1.29, 1.82) is 0 Å². The van der Waals surface area contributed by atoms with Crippen LogP contribution in [0.3, 0.4) is 0 Å². The lowest BCUT2D eigenvalue weighted by Gasteiger charge is -2.22. The Morgan fingerprint density at radius 2 is 2.12 bits per heavy atom. The molecule has 1 saturated carbocycles. The van der Waals surface area contributed by atoms with E-state index in [1.165, 1.54) is 18.2 Å². The van der Waals surface area contributed by atoms with Crippen LogP contribution in [0.5, 0.6) is 0 Å². The predicted molar refractivity (Wildman–Crippen MR) is 96.6 cm³/mol. The first-order valence-electron chi connectivity index (χ1n) is 8.73. The highest BCUT2D eigenvalue weighted by molar-refractivity contribution is 7.99. The lowest BCUT2D eigenvalue weighted by Crippen LogP contribution is -2.25. The zero-order valence-electron chi connectivity index (χ0n) is 13.9. The van der Waals surface area contributed by atoms with Crippen LogP contribution in [0.1, 0.15) is 25.3 Å². The fourth-order valence-electron chi connectivity index (χ4n) is 3.28. The number of aromatic nitrogens is 4. The zero-order valence-corrected chi connectivity index (χ0v) is 14.7. The summed E-state index contributed by atoms with van der Waals surface area (Å²) < 4.78 is 13.2. The summed E-state index contributed by atoms with van der Waals surface area (Å²) in [5.41, 5.74) is 2.26. The second kappa shape index (κ2) is 6.48. The number of ether oxygens (including phenoxy) is 2. The van der Waals surface area contributed by atoms with Crippen LogP contribution in [-0.4, -0.2) is 45.0 Å². The van der Waals surface area contributed by atoms with Gasteiger partial charge in [0.15, 0.2) is 11.0 Å². The molecule has 3 aromatic rings. The predicted octanol–water partition coefficient (Wildman–Crippen LogP) is 3.62. The summed E-state index contributed by atoms with van der Waals surface area (Å²) in [5.74, 6) is 1.86. The van der Waals surface area contributed by atoms with Crippen molar-refractivity contribution in [2.45, 2.75) is 36.6 Å². The first-order chi connectivity index (χ1) is 12.4. The van der Waals surface area contributed by atoms with E-state index in [9.17, 15) is 0 Å². The van der Waals surface area contributed by atoms with Crippen molar-refractivity contribution in [3.05, 3.63) is 30.5 Å². The van der Waals surface area contributed by atoms with Gasteiger partial charge in [0.25, 0.3) is 0 Å². The third-order valence-electron chi connectivity index (χ3n) is 4.78. The van der Waals surface area contributed by atoms with E-state index >= 15 is 0 Å². The number of benzene rings is 1. The third-order valence-corrected chi connectivity index (χ3v) is 5.85. The first-order valence-corrected chi connectivity index (χ1v) is 9.72. The maximum atomic E-state index is 5.65. The number of hydrogen-bond acceptors (Lipinski definition) is 5. The summed E-state index contributed by atoms with van der Waals surface area (Å²) in [6, 6.07) is 8.86. The van der Waals surface area contributed by atoms with Crippen molar-refractivity contribution in [3.63, 3.8) is 0 Å². The van der Waals surface area contributed by atoms with E-state index in [4.69, 9.17) is 9.47 Å². The van der Waals surface area contributed by atoms with Gasteiger partial charge in [0.05, 0.1) is 12.7 Å². The van der Waals surface area contributed by atoms with Crippen molar-refractivity contribution < 1.29 is 9.47 Å². The molecule has 3 heterocycles. The normalized spacial score (nSPS) is 21.0. The second-order valence-corrected chi connectivity index (χ2v) is 7.56. The number of hydrogen-bond donors (Lipinski definition) is 1. The molecule has 1 aliphatic carbocycles. The topological polar surface area (TPSA) is 65.0 Å². The van der Waals surface area contributed by atoms with Gasteiger partial charge in [0.2, 0.25) is 0 Å². The molecule has 25 heavy (non-hydrogen) atoms. The molecule has 0 bridgehead atoms. The highest BCUT2D eigenvalue weighted by Gasteiger charge is 2.31. The van der Waals surface area contributed by atoms with Crippen molar-refractivity contribution in [2.75, 3.05) is 19.2 Å². The summed E-state index contributed by atoms with van der Waals surface area (Å²) in [7, 11) is 0. The average molecular weight is 356 g/mol. The number of nitrogens with zero attached hydrogens (tertiary/aromatic N) is 3. The minimum Gasteiger partial charge on any atom is -0.360 e. The molecule has 2 fully saturated rings. The Hall–Kier alpha value is -1.83. The van der Waals surface area contributed by atoms with Crippen LogP contribution in [0.25, 0.3) is 22.3 Å². The van der Waals surface area contributed by atoms with E-state index in [0.717, 1.165) is 40.8 Å². The molecular formula is C18H20N4O2S. The molecular weight excluding hydrogens is 336 g/mol. The van der Waals surface area contributed by atoms with E-state index in [1.54, 1.807) is 11.8 Å². The molecule has 2 aromatic heterocycles. The van der Waals surface area contributed by atoms with Gasteiger partial charge in [-0.2, -0.15) is 0 Å². The van der Waals surface area contributed by atoms with Crippen molar-refractivity contribution >= 4 is 22.7 Å². The Labute approximate surface area is 149 Å². The molecule has 0 spiro atoms. The lowest BCUT2D eigenvalue weighted by molar-refractivity contribution is -0.130. The Balaban J connectivity index is 1.45. The molecule has 0 amide bonds. The lowest BCUT2D eigenvalue weighted by atomic mass is 10.1. The van der Waals surface area contributed by atoms with Crippen LogP contribution in [0, 0.1) is 0 Å². The summed E-state index contributed by atoms with van der Waals surface area (Å²) in [5, 5.41) is 11.2. The van der Waals surface area contributed by atoms with Crippen molar-refractivity contribution in [3.8, 4) is 11.4 Å². The van der Waals surface area contributed by atoms with E-state index in [1.807, 2.05) is 12.3 Å². The molecule has 1 saturated heterocycles. The summed E-state index contributed by atoms with van der Waals surface area (Å²) in [6.07, 6.45) is 5.63. The van der Waals surface area contributed by atoms with E-state index < -0.39 is 0 Å². The van der Waals surface area contributed by atoms with Crippen LogP contribution >= 0.6 is 11.8 Å². The van der Waals surface area contributed by atoms with Crippen LogP contribution in [0.4, 0.5) is 0 Å². The van der Waals surface area contributed by atoms with Gasteiger partial charge < -0.3 is 14.5 Å². The maximum absolute atomic E-state index is 5.65. The van der Waals surface area contributed by atoms with Gasteiger partial charge in [0.1, 0.15) is 6.79 Å². The van der Waals surface area contributed by atoms with Gasteiger partial charge in [-0.1, -0.05) is 30.0 Å². The molecule has 0 unspecified atom stereocenters. The number of thioether (sulfide) groups is 1. The van der Waals surface area contributed by atoms with Gasteiger partial charge in [0, 0.05) is 34.5 Å². The summed E-state index contributed by atoms with van der Waals surface area (Å²) in [4.78, 5) is 3.34. The van der Waals surface area contributed by atoms with E-state index in [0.29, 0.717) is 12.8 Å². The standard InChI is InChI=1S/C18H20N4O2S/c1-2-4-16-14(3-1)15(9-19-16)17-20-21-18(22(17)12-5-6-12)25-10-13-7-8-23-11-24-13/h1-4,9,12-13,19H,5-8,10-11H2/t13-/m0/s1. The number of nitrogens with one attached hydrogen (secondary N) is 1. The zero-order chi connectivity index (χ0) is 16.6. The molecule has 0 radical (unpaired) electrons. The van der Waals surface area contributed by atoms with Crippen molar-refractivity contribution in [2.24, 2.45) is 0 Å². The molecule has 2 aliphatic rings.